The molecule has 2 rings (SSSR count). The normalized spacial score (nSPS) is 21.3. The quantitative estimate of drug-likeness (QED) is 0.920. The second kappa shape index (κ2) is 5.42. The van der Waals surface area contributed by atoms with E-state index in [-0.39, 0.29) is 17.0 Å². The number of aromatic nitrogens is 1. The lowest BCUT2D eigenvalue weighted by atomic mass is 9.80. The highest BCUT2D eigenvalue weighted by Crippen LogP contribution is 2.35. The van der Waals surface area contributed by atoms with Crippen molar-refractivity contribution < 1.29 is 13.5 Å². The van der Waals surface area contributed by atoms with Crippen LogP contribution in [0.5, 0.6) is 0 Å². The Balaban J connectivity index is 2.19. The van der Waals surface area contributed by atoms with Gasteiger partial charge in [0.2, 0.25) is 0 Å². The summed E-state index contributed by atoms with van der Waals surface area (Å²) in [7, 11) is -3.52. The molecule has 1 saturated heterocycles. The van der Waals surface area contributed by atoms with Gasteiger partial charge in [-0.15, -0.1) is 0 Å². The van der Waals surface area contributed by atoms with E-state index in [2.05, 4.69) is 25.8 Å². The van der Waals surface area contributed by atoms with Gasteiger partial charge in [0.05, 0.1) is 6.61 Å². The van der Waals surface area contributed by atoms with Crippen molar-refractivity contribution in [2.45, 2.75) is 38.8 Å². The number of pyridine rings is 1. The largest absolute Gasteiger partial charge is 0.392 e. The van der Waals surface area contributed by atoms with Gasteiger partial charge in [0, 0.05) is 19.3 Å². The molecule has 0 spiro atoms. The average molecular weight is 298 g/mol. The molecule has 1 aromatic rings. The Morgan fingerprint density at radius 1 is 1.40 bits per heavy atom. The standard InChI is InChI=1S/C14H22N2O3S/c1-14(2,3)12-6-7-16(9-12)20(18,19)13-5-4-11(10-17)8-15-13/h4-5,8,12,17H,6-7,9-10H2,1-3H3. The topological polar surface area (TPSA) is 70.5 Å². The molecule has 1 N–H and O–H groups in total. The van der Waals surface area contributed by atoms with Crippen molar-refractivity contribution in [3.05, 3.63) is 23.9 Å². The van der Waals surface area contributed by atoms with Gasteiger partial charge in [-0.05, 0) is 29.4 Å². The fraction of sp³-hybridized carbons (Fsp3) is 0.643. The van der Waals surface area contributed by atoms with Crippen LogP contribution in [0.15, 0.2) is 23.4 Å². The fourth-order valence-corrected chi connectivity index (χ4v) is 3.86. The van der Waals surface area contributed by atoms with E-state index in [9.17, 15) is 8.42 Å². The third kappa shape index (κ3) is 3.02. The summed E-state index contributed by atoms with van der Waals surface area (Å²) in [5.41, 5.74) is 0.719. The lowest BCUT2D eigenvalue weighted by Gasteiger charge is -2.26. The van der Waals surface area contributed by atoms with Crippen LogP contribution in [0.3, 0.4) is 0 Å². The van der Waals surface area contributed by atoms with Crippen LogP contribution >= 0.6 is 0 Å². The van der Waals surface area contributed by atoms with Crippen molar-refractivity contribution in [3.63, 3.8) is 0 Å². The molecule has 0 radical (unpaired) electrons. The maximum Gasteiger partial charge on any atom is 0.260 e. The zero-order valence-corrected chi connectivity index (χ0v) is 13.0. The van der Waals surface area contributed by atoms with E-state index in [0.29, 0.717) is 24.6 Å². The van der Waals surface area contributed by atoms with Crippen LogP contribution in [0.4, 0.5) is 0 Å². The number of hydrogen-bond acceptors (Lipinski definition) is 4. The summed E-state index contributed by atoms with van der Waals surface area (Å²) in [5.74, 6) is 0.369. The first-order valence-corrected chi connectivity index (χ1v) is 8.25. The molecule has 112 valence electrons. The monoisotopic (exact) mass is 298 g/mol. The first-order valence-electron chi connectivity index (χ1n) is 6.81. The summed E-state index contributed by atoms with van der Waals surface area (Å²) in [4.78, 5) is 3.96. The Bertz CT molecular complexity index is 561. The number of nitrogens with zero attached hydrogens (tertiary/aromatic N) is 2. The Hall–Kier alpha value is -0.980. The van der Waals surface area contributed by atoms with Crippen LogP contribution in [-0.4, -0.2) is 35.9 Å². The van der Waals surface area contributed by atoms with Crippen molar-refractivity contribution in [3.8, 4) is 0 Å². The van der Waals surface area contributed by atoms with Crippen molar-refractivity contribution in [1.82, 2.24) is 9.29 Å². The Morgan fingerprint density at radius 3 is 2.55 bits per heavy atom. The molecule has 1 aliphatic heterocycles. The van der Waals surface area contributed by atoms with Crippen LogP contribution in [0.2, 0.25) is 0 Å². The molecule has 0 amide bonds. The predicted octanol–water partition coefficient (Wildman–Crippen LogP) is 1.63. The highest BCUT2D eigenvalue weighted by Gasteiger charge is 2.38. The first-order chi connectivity index (χ1) is 9.25. The predicted molar refractivity (Wildman–Crippen MR) is 76.5 cm³/mol. The van der Waals surface area contributed by atoms with Gasteiger partial charge < -0.3 is 5.11 Å². The summed E-state index contributed by atoms with van der Waals surface area (Å²) >= 11 is 0. The molecule has 0 bridgehead atoms. The maximum atomic E-state index is 12.5. The number of sulfonamides is 1. The molecule has 20 heavy (non-hydrogen) atoms. The number of aliphatic hydroxyl groups excluding tert-OH is 1. The smallest absolute Gasteiger partial charge is 0.260 e. The minimum absolute atomic E-state index is 0.0595. The molecule has 0 saturated carbocycles. The van der Waals surface area contributed by atoms with Gasteiger partial charge in [-0.25, -0.2) is 13.4 Å². The molecule has 6 heteroatoms. The van der Waals surface area contributed by atoms with E-state index in [1.807, 2.05) is 0 Å². The highest BCUT2D eigenvalue weighted by molar-refractivity contribution is 7.89. The number of hydrogen-bond donors (Lipinski definition) is 1. The van der Waals surface area contributed by atoms with E-state index >= 15 is 0 Å². The van der Waals surface area contributed by atoms with Crippen LogP contribution in [0, 0.1) is 11.3 Å². The van der Waals surface area contributed by atoms with Gasteiger partial charge in [-0.3, -0.25) is 0 Å². The lowest BCUT2D eigenvalue weighted by molar-refractivity contribution is 0.251. The SMILES string of the molecule is CC(C)(C)C1CCN(S(=O)(=O)c2ccc(CO)cn2)C1. The summed E-state index contributed by atoms with van der Waals surface area (Å²) in [6.07, 6.45) is 2.29. The van der Waals surface area contributed by atoms with Crippen LogP contribution in [0.1, 0.15) is 32.8 Å². The van der Waals surface area contributed by atoms with Crippen LogP contribution in [0.25, 0.3) is 0 Å². The lowest BCUT2D eigenvalue weighted by Crippen LogP contribution is -2.31. The summed E-state index contributed by atoms with van der Waals surface area (Å²) in [5, 5.41) is 9.03. The molecule has 2 heterocycles. The van der Waals surface area contributed by atoms with Crippen LogP contribution in [-0.2, 0) is 16.6 Å². The van der Waals surface area contributed by atoms with Crippen molar-refractivity contribution in [1.29, 1.82) is 0 Å². The molecule has 0 aromatic carbocycles. The number of rotatable bonds is 3. The maximum absolute atomic E-state index is 12.5. The highest BCUT2D eigenvalue weighted by atomic mass is 32.2. The minimum atomic E-state index is -3.52. The van der Waals surface area contributed by atoms with E-state index in [1.54, 1.807) is 6.07 Å². The van der Waals surface area contributed by atoms with Gasteiger partial charge in [-0.1, -0.05) is 26.8 Å². The van der Waals surface area contributed by atoms with E-state index in [4.69, 9.17) is 5.11 Å². The van der Waals surface area contributed by atoms with Crippen LogP contribution < -0.4 is 0 Å². The van der Waals surface area contributed by atoms with Gasteiger partial charge in [-0.2, -0.15) is 4.31 Å². The first kappa shape index (κ1) is 15.4. The Morgan fingerprint density at radius 2 is 2.10 bits per heavy atom. The van der Waals surface area contributed by atoms with Crippen molar-refractivity contribution in [2.75, 3.05) is 13.1 Å². The second-order valence-electron chi connectivity index (χ2n) is 6.38. The fourth-order valence-electron chi connectivity index (χ4n) is 2.44. The van der Waals surface area contributed by atoms with E-state index in [1.165, 1.54) is 16.6 Å². The van der Waals surface area contributed by atoms with Gasteiger partial charge in [0.15, 0.2) is 5.03 Å². The molecular weight excluding hydrogens is 276 g/mol. The third-order valence-electron chi connectivity index (χ3n) is 3.96. The molecule has 1 aromatic heterocycles. The average Bonchev–Trinajstić information content (AvgIpc) is 2.89. The molecular formula is C14H22N2O3S. The summed E-state index contributed by atoms with van der Waals surface area (Å²) in [6.45, 7) is 7.39. The molecule has 1 atom stereocenters. The van der Waals surface area contributed by atoms with E-state index < -0.39 is 10.0 Å². The van der Waals surface area contributed by atoms with Crippen molar-refractivity contribution >= 4 is 10.0 Å². The van der Waals surface area contributed by atoms with Gasteiger partial charge >= 0.3 is 0 Å². The van der Waals surface area contributed by atoms with Gasteiger partial charge in [0.1, 0.15) is 0 Å². The molecule has 1 unspecified atom stereocenters. The third-order valence-corrected chi connectivity index (χ3v) is 5.74. The van der Waals surface area contributed by atoms with E-state index in [0.717, 1.165) is 6.42 Å². The molecule has 0 aliphatic carbocycles. The zero-order valence-electron chi connectivity index (χ0n) is 12.2. The summed E-state index contributed by atoms with van der Waals surface area (Å²) < 4.78 is 26.5. The number of aliphatic hydroxyl groups is 1. The summed E-state index contributed by atoms with van der Waals surface area (Å²) in [6, 6.07) is 3.06. The molecule has 5 nitrogen and oxygen atoms in total. The molecule has 1 fully saturated rings. The Labute approximate surface area is 120 Å². The molecule has 1 aliphatic rings. The van der Waals surface area contributed by atoms with Crippen molar-refractivity contribution in [2.24, 2.45) is 11.3 Å². The Kier molecular flexibility index (Phi) is 4.18. The van der Waals surface area contributed by atoms with Gasteiger partial charge in [0.25, 0.3) is 10.0 Å². The minimum Gasteiger partial charge on any atom is -0.392 e. The second-order valence-corrected chi connectivity index (χ2v) is 8.26. The zero-order chi connectivity index (χ0) is 15.0.